The second-order valence-electron chi connectivity index (χ2n) is 5.62. The van der Waals surface area contributed by atoms with Gasteiger partial charge in [-0.05, 0) is 27.7 Å². The van der Waals surface area contributed by atoms with Gasteiger partial charge < -0.3 is 9.84 Å². The molecule has 0 bridgehead atoms. The summed E-state index contributed by atoms with van der Waals surface area (Å²) < 4.78 is 124. The monoisotopic (exact) mass is 366 g/mol. The van der Waals surface area contributed by atoms with Crippen LogP contribution in [0.1, 0.15) is 27.7 Å². The Bertz CT molecular complexity index is 415. The quantitative estimate of drug-likeness (QED) is 0.694. The zero-order valence-corrected chi connectivity index (χ0v) is 12.4. The van der Waals surface area contributed by atoms with Gasteiger partial charge in [-0.2, -0.15) is 17.6 Å². The van der Waals surface area contributed by atoms with Crippen molar-refractivity contribution in [3.05, 3.63) is 0 Å². The zero-order valence-electron chi connectivity index (χ0n) is 12.4. The van der Waals surface area contributed by atoms with Gasteiger partial charge in [-0.3, -0.25) is 4.74 Å². The predicted octanol–water partition coefficient (Wildman–Crippen LogP) is 3.95. The molecule has 140 valence electrons. The summed E-state index contributed by atoms with van der Waals surface area (Å²) in [6, 6.07) is 0. The molecule has 0 spiro atoms. The SMILES string of the molecule is CC(C)(OC(F)(F)C(F)(F)C(C)(C)OC(F)(F)F)C(F)(F)CO. The van der Waals surface area contributed by atoms with E-state index >= 15 is 0 Å². The van der Waals surface area contributed by atoms with Gasteiger partial charge in [0.15, 0.2) is 0 Å². The molecule has 0 saturated carbocycles. The molecule has 3 nitrogen and oxygen atoms in total. The summed E-state index contributed by atoms with van der Waals surface area (Å²) >= 11 is 0. The van der Waals surface area contributed by atoms with Crippen LogP contribution in [-0.4, -0.2) is 47.2 Å². The molecule has 23 heavy (non-hydrogen) atoms. The van der Waals surface area contributed by atoms with E-state index in [1.807, 2.05) is 0 Å². The van der Waals surface area contributed by atoms with Crippen LogP contribution in [0.3, 0.4) is 0 Å². The van der Waals surface area contributed by atoms with E-state index in [9.17, 15) is 39.5 Å². The number of alkyl halides is 9. The van der Waals surface area contributed by atoms with E-state index in [4.69, 9.17) is 5.11 Å². The van der Waals surface area contributed by atoms with Gasteiger partial charge in [-0.1, -0.05) is 0 Å². The molecule has 12 heteroatoms. The van der Waals surface area contributed by atoms with Crippen LogP contribution in [0, 0.1) is 0 Å². The van der Waals surface area contributed by atoms with Gasteiger partial charge in [0.05, 0.1) is 0 Å². The van der Waals surface area contributed by atoms with Gasteiger partial charge in [-0.25, -0.2) is 8.78 Å². The number of aliphatic hydroxyl groups excluding tert-OH is 1. The fourth-order valence-corrected chi connectivity index (χ4v) is 1.35. The van der Waals surface area contributed by atoms with Crippen molar-refractivity contribution in [1.29, 1.82) is 0 Å². The predicted molar refractivity (Wildman–Crippen MR) is 58.3 cm³/mol. The van der Waals surface area contributed by atoms with E-state index in [-0.39, 0.29) is 27.7 Å². The average molecular weight is 366 g/mol. The Morgan fingerprint density at radius 2 is 1.09 bits per heavy atom. The third-order valence-corrected chi connectivity index (χ3v) is 2.96. The van der Waals surface area contributed by atoms with Crippen LogP contribution in [0.4, 0.5) is 39.5 Å². The van der Waals surface area contributed by atoms with Crippen LogP contribution >= 0.6 is 0 Å². The Morgan fingerprint density at radius 1 is 0.696 bits per heavy atom. The normalized spacial score (nSPS) is 15.9. The van der Waals surface area contributed by atoms with Crippen molar-refractivity contribution < 1.29 is 54.1 Å². The highest BCUT2D eigenvalue weighted by molar-refractivity contribution is 4.97. The molecule has 0 heterocycles. The smallest absolute Gasteiger partial charge is 0.390 e. The second-order valence-corrected chi connectivity index (χ2v) is 5.62. The second kappa shape index (κ2) is 5.96. The third-order valence-electron chi connectivity index (χ3n) is 2.96. The average Bonchev–Trinajstić information content (AvgIpc) is 2.23. The number of hydrogen-bond donors (Lipinski definition) is 1. The molecule has 0 fully saturated rings. The molecule has 0 radical (unpaired) electrons. The summed E-state index contributed by atoms with van der Waals surface area (Å²) in [5, 5.41) is 8.41. The van der Waals surface area contributed by atoms with Gasteiger partial charge in [0.2, 0.25) is 0 Å². The Morgan fingerprint density at radius 3 is 1.39 bits per heavy atom. The van der Waals surface area contributed by atoms with Crippen molar-refractivity contribution in [3.63, 3.8) is 0 Å². The highest BCUT2D eigenvalue weighted by Gasteiger charge is 2.72. The van der Waals surface area contributed by atoms with E-state index < -0.39 is 42.1 Å². The molecule has 0 rings (SSSR count). The van der Waals surface area contributed by atoms with Crippen LogP contribution in [0.25, 0.3) is 0 Å². The van der Waals surface area contributed by atoms with Crippen molar-refractivity contribution in [2.75, 3.05) is 6.61 Å². The Hall–Kier alpha value is -0.750. The van der Waals surface area contributed by atoms with E-state index in [1.165, 1.54) is 0 Å². The summed E-state index contributed by atoms with van der Waals surface area (Å²) in [4.78, 5) is 0. The first kappa shape index (κ1) is 22.2. The lowest BCUT2D eigenvalue weighted by atomic mass is 9.97. The van der Waals surface area contributed by atoms with Crippen LogP contribution in [-0.2, 0) is 9.47 Å². The summed E-state index contributed by atoms with van der Waals surface area (Å²) in [7, 11) is 0. The van der Waals surface area contributed by atoms with Crippen molar-refractivity contribution >= 4 is 0 Å². The standard InChI is InChI=1S/C11H15F9O3/c1-6(2,8(12,13)5-21)22-10(16,17)9(14,15)7(3,4)23-11(18,19)20/h21H,5H2,1-4H3. The molecular formula is C11H15F9O3. The van der Waals surface area contributed by atoms with E-state index in [0.717, 1.165) is 0 Å². The lowest BCUT2D eigenvalue weighted by Crippen LogP contribution is -2.63. The first-order chi connectivity index (χ1) is 9.72. The summed E-state index contributed by atoms with van der Waals surface area (Å²) in [5.41, 5.74) is -7.15. The van der Waals surface area contributed by atoms with Gasteiger partial charge in [0.1, 0.15) is 17.8 Å². The van der Waals surface area contributed by atoms with E-state index in [1.54, 1.807) is 0 Å². The maximum atomic E-state index is 13.7. The molecule has 0 aromatic heterocycles. The van der Waals surface area contributed by atoms with Crippen LogP contribution in [0.5, 0.6) is 0 Å². The van der Waals surface area contributed by atoms with Crippen molar-refractivity contribution in [2.45, 2.75) is 63.2 Å². The van der Waals surface area contributed by atoms with Crippen molar-refractivity contribution in [2.24, 2.45) is 0 Å². The van der Waals surface area contributed by atoms with Gasteiger partial charge in [0.25, 0.3) is 5.92 Å². The molecule has 0 aliphatic heterocycles. The highest BCUT2D eigenvalue weighted by atomic mass is 19.4. The Balaban J connectivity index is 5.64. The van der Waals surface area contributed by atoms with Crippen LogP contribution < -0.4 is 0 Å². The molecule has 0 aliphatic carbocycles. The third kappa shape index (κ3) is 4.63. The molecule has 0 aromatic rings. The number of aliphatic hydroxyl groups is 1. The summed E-state index contributed by atoms with van der Waals surface area (Å²) in [5.74, 6) is -10.0. The van der Waals surface area contributed by atoms with E-state index in [0.29, 0.717) is 0 Å². The molecule has 1 N–H and O–H groups in total. The highest BCUT2D eigenvalue weighted by Crippen LogP contribution is 2.49. The maximum Gasteiger partial charge on any atom is 0.523 e. The first-order valence-corrected chi connectivity index (χ1v) is 5.94. The minimum atomic E-state index is -5.76. The Kier molecular flexibility index (Phi) is 5.76. The molecule has 0 atom stereocenters. The molecule has 0 unspecified atom stereocenters. The number of rotatable bonds is 7. The maximum absolute atomic E-state index is 13.7. The van der Waals surface area contributed by atoms with Gasteiger partial charge in [-0.15, -0.1) is 13.2 Å². The minimum Gasteiger partial charge on any atom is -0.390 e. The molecule has 0 saturated heterocycles. The lowest BCUT2D eigenvalue weighted by molar-refractivity contribution is -0.458. The van der Waals surface area contributed by atoms with E-state index in [2.05, 4.69) is 9.47 Å². The van der Waals surface area contributed by atoms with Gasteiger partial charge in [0, 0.05) is 0 Å². The van der Waals surface area contributed by atoms with Crippen molar-refractivity contribution in [1.82, 2.24) is 0 Å². The number of halogens is 9. The molecular weight excluding hydrogens is 351 g/mol. The van der Waals surface area contributed by atoms with Crippen LogP contribution in [0.15, 0.2) is 0 Å². The number of ether oxygens (including phenoxy) is 2. The molecule has 0 aliphatic rings. The summed E-state index contributed by atoms with van der Waals surface area (Å²) in [6.07, 6.45) is -11.4. The number of hydrogen-bond acceptors (Lipinski definition) is 3. The fourth-order valence-electron chi connectivity index (χ4n) is 1.35. The topological polar surface area (TPSA) is 38.7 Å². The van der Waals surface area contributed by atoms with Crippen LogP contribution in [0.2, 0.25) is 0 Å². The van der Waals surface area contributed by atoms with Gasteiger partial charge >= 0.3 is 18.4 Å². The molecule has 0 aromatic carbocycles. The Labute approximate surface area is 125 Å². The first-order valence-electron chi connectivity index (χ1n) is 5.94. The lowest BCUT2D eigenvalue weighted by Gasteiger charge is -2.42. The zero-order chi connectivity index (χ0) is 19.1. The molecule has 0 amide bonds. The fraction of sp³-hybridized carbons (Fsp3) is 1.00. The largest absolute Gasteiger partial charge is 0.523 e. The van der Waals surface area contributed by atoms with Crippen molar-refractivity contribution in [3.8, 4) is 0 Å². The summed E-state index contributed by atoms with van der Waals surface area (Å²) in [6.45, 7) is -1.48. The minimum absolute atomic E-state index is 0.00501.